The highest BCUT2D eigenvalue weighted by Crippen LogP contribution is 2.36. The molecule has 0 heterocycles. The molecule has 23 heavy (non-hydrogen) atoms. The number of carbonyl (C=O) groups excluding carboxylic acids is 2. The third-order valence-electron chi connectivity index (χ3n) is 6.08. The van der Waals surface area contributed by atoms with Gasteiger partial charge in [0.15, 0.2) is 5.78 Å². The number of hydrogen-bond acceptors (Lipinski definition) is 2. The first kappa shape index (κ1) is 18.4. The Hall–Kier alpha value is -0.920. The standard InChI is InChI=1S/C21H34O2/c1-16(13-14-22)15-20(19-9-5-6-10-19)21(23)12-11-17(2)18-7-3-4-8-18/h14-19H,3-13H2,1-2H3. The Morgan fingerprint density at radius 1 is 1.04 bits per heavy atom. The summed E-state index contributed by atoms with van der Waals surface area (Å²) in [5.41, 5.74) is 1.05. The summed E-state index contributed by atoms with van der Waals surface area (Å²) in [7, 11) is 0. The minimum atomic E-state index is 0.194. The van der Waals surface area contributed by atoms with Crippen LogP contribution in [0.2, 0.25) is 0 Å². The Balaban J connectivity index is 1.93. The Labute approximate surface area is 142 Å². The molecule has 2 aliphatic rings. The fourth-order valence-corrected chi connectivity index (χ4v) is 4.49. The number of allylic oxidation sites excluding steroid dienone is 2. The molecule has 0 spiro atoms. The van der Waals surface area contributed by atoms with E-state index in [9.17, 15) is 9.59 Å². The van der Waals surface area contributed by atoms with Gasteiger partial charge in [0.1, 0.15) is 6.29 Å². The van der Waals surface area contributed by atoms with Crippen LogP contribution in [0, 0.1) is 23.7 Å². The Morgan fingerprint density at radius 2 is 1.65 bits per heavy atom. The predicted octanol–water partition coefficient (Wildman–Crippen LogP) is 5.50. The third-order valence-corrected chi connectivity index (χ3v) is 6.08. The summed E-state index contributed by atoms with van der Waals surface area (Å²) in [5.74, 6) is 2.53. The van der Waals surface area contributed by atoms with E-state index in [2.05, 4.69) is 19.9 Å². The Morgan fingerprint density at radius 3 is 2.26 bits per heavy atom. The van der Waals surface area contributed by atoms with E-state index in [1.807, 2.05) is 0 Å². The van der Waals surface area contributed by atoms with Crippen LogP contribution >= 0.6 is 0 Å². The van der Waals surface area contributed by atoms with Gasteiger partial charge in [0, 0.05) is 12.8 Å². The molecule has 0 amide bonds. The van der Waals surface area contributed by atoms with Gasteiger partial charge in [-0.05, 0) is 48.5 Å². The molecular formula is C21H34O2. The first-order valence-electron chi connectivity index (χ1n) is 9.80. The highest BCUT2D eigenvalue weighted by Gasteiger charge is 2.26. The smallest absolute Gasteiger partial charge is 0.158 e. The molecule has 2 atom stereocenters. The summed E-state index contributed by atoms with van der Waals surface area (Å²) in [6, 6.07) is 0. The molecule has 0 N–H and O–H groups in total. The fourth-order valence-electron chi connectivity index (χ4n) is 4.49. The van der Waals surface area contributed by atoms with Crippen LogP contribution in [0.15, 0.2) is 11.6 Å². The highest BCUT2D eigenvalue weighted by atomic mass is 16.1. The van der Waals surface area contributed by atoms with E-state index in [0.717, 1.165) is 37.0 Å². The molecule has 0 radical (unpaired) electrons. The zero-order valence-corrected chi connectivity index (χ0v) is 15.1. The first-order valence-corrected chi connectivity index (χ1v) is 9.80. The molecule has 2 fully saturated rings. The van der Waals surface area contributed by atoms with Crippen molar-refractivity contribution >= 4 is 12.1 Å². The van der Waals surface area contributed by atoms with Crippen molar-refractivity contribution in [1.82, 2.24) is 0 Å². The van der Waals surface area contributed by atoms with Gasteiger partial charge in [0.2, 0.25) is 0 Å². The van der Waals surface area contributed by atoms with Crippen LogP contribution in [0.3, 0.4) is 0 Å². The van der Waals surface area contributed by atoms with Crippen molar-refractivity contribution in [2.75, 3.05) is 0 Å². The SMILES string of the molecule is CC(C=C(C(=O)CCC(C)C1CCCC1)C1CCCC1)CC=O. The predicted molar refractivity (Wildman–Crippen MR) is 95.2 cm³/mol. The fraction of sp³-hybridized carbons (Fsp3) is 0.810. The van der Waals surface area contributed by atoms with Crippen molar-refractivity contribution in [3.8, 4) is 0 Å². The molecule has 0 aromatic rings. The van der Waals surface area contributed by atoms with Gasteiger partial charge in [-0.2, -0.15) is 0 Å². The topological polar surface area (TPSA) is 34.1 Å². The van der Waals surface area contributed by atoms with Gasteiger partial charge in [-0.15, -0.1) is 0 Å². The molecule has 2 heteroatoms. The maximum atomic E-state index is 12.8. The second kappa shape index (κ2) is 9.39. The lowest BCUT2D eigenvalue weighted by Gasteiger charge is -2.20. The Bertz CT molecular complexity index is 412. The molecule has 130 valence electrons. The minimum Gasteiger partial charge on any atom is -0.303 e. The molecule has 0 saturated heterocycles. The molecule has 2 aliphatic carbocycles. The second-order valence-corrected chi connectivity index (χ2v) is 7.97. The molecule has 0 aliphatic heterocycles. The van der Waals surface area contributed by atoms with Crippen molar-refractivity contribution in [3.63, 3.8) is 0 Å². The van der Waals surface area contributed by atoms with Crippen LogP contribution in [-0.4, -0.2) is 12.1 Å². The normalized spacial score (nSPS) is 23.1. The van der Waals surface area contributed by atoms with Crippen LogP contribution in [0.25, 0.3) is 0 Å². The van der Waals surface area contributed by atoms with Crippen molar-refractivity contribution in [2.24, 2.45) is 23.7 Å². The number of aldehydes is 1. The average molecular weight is 319 g/mol. The maximum absolute atomic E-state index is 12.8. The summed E-state index contributed by atoms with van der Waals surface area (Å²) >= 11 is 0. The lowest BCUT2D eigenvalue weighted by atomic mass is 9.84. The van der Waals surface area contributed by atoms with E-state index in [-0.39, 0.29) is 5.92 Å². The molecule has 2 unspecified atom stereocenters. The first-order chi connectivity index (χ1) is 11.1. The van der Waals surface area contributed by atoms with Gasteiger partial charge < -0.3 is 4.79 Å². The zero-order chi connectivity index (χ0) is 16.7. The van der Waals surface area contributed by atoms with Gasteiger partial charge >= 0.3 is 0 Å². The lowest BCUT2D eigenvalue weighted by Crippen LogP contribution is -2.15. The number of hydrogen-bond donors (Lipinski definition) is 0. The van der Waals surface area contributed by atoms with E-state index < -0.39 is 0 Å². The quantitative estimate of drug-likeness (QED) is 0.415. The van der Waals surface area contributed by atoms with Crippen LogP contribution in [0.1, 0.15) is 84.5 Å². The minimum absolute atomic E-state index is 0.194. The largest absolute Gasteiger partial charge is 0.303 e. The highest BCUT2D eigenvalue weighted by molar-refractivity contribution is 5.95. The van der Waals surface area contributed by atoms with Gasteiger partial charge in [-0.3, -0.25) is 4.79 Å². The van der Waals surface area contributed by atoms with Crippen molar-refractivity contribution in [1.29, 1.82) is 0 Å². The van der Waals surface area contributed by atoms with E-state index in [0.29, 0.717) is 30.5 Å². The van der Waals surface area contributed by atoms with Gasteiger partial charge in [0.25, 0.3) is 0 Å². The maximum Gasteiger partial charge on any atom is 0.158 e. The zero-order valence-electron chi connectivity index (χ0n) is 15.1. The molecular weight excluding hydrogens is 284 g/mol. The average Bonchev–Trinajstić information content (AvgIpc) is 3.23. The van der Waals surface area contributed by atoms with E-state index in [1.54, 1.807) is 0 Å². The van der Waals surface area contributed by atoms with Gasteiger partial charge in [-0.1, -0.05) is 58.4 Å². The van der Waals surface area contributed by atoms with Gasteiger partial charge in [0.05, 0.1) is 0 Å². The summed E-state index contributed by atoms with van der Waals surface area (Å²) in [6.45, 7) is 4.38. The second-order valence-electron chi connectivity index (χ2n) is 7.97. The molecule has 0 aromatic heterocycles. The molecule has 0 bridgehead atoms. The number of ketones is 1. The number of rotatable bonds is 9. The van der Waals surface area contributed by atoms with Crippen LogP contribution in [-0.2, 0) is 9.59 Å². The van der Waals surface area contributed by atoms with Gasteiger partial charge in [-0.25, -0.2) is 0 Å². The number of Topliss-reactive ketones (excluding diaryl/α,β-unsaturated/α-hetero) is 1. The molecule has 2 saturated carbocycles. The summed E-state index contributed by atoms with van der Waals surface area (Å²) < 4.78 is 0. The summed E-state index contributed by atoms with van der Waals surface area (Å²) in [4.78, 5) is 23.6. The van der Waals surface area contributed by atoms with E-state index in [1.165, 1.54) is 38.5 Å². The Kier molecular flexibility index (Phi) is 7.52. The van der Waals surface area contributed by atoms with Crippen molar-refractivity contribution < 1.29 is 9.59 Å². The molecule has 0 aromatic carbocycles. The molecule has 2 nitrogen and oxygen atoms in total. The summed E-state index contributed by atoms with van der Waals surface area (Å²) in [6.07, 6.45) is 15.6. The van der Waals surface area contributed by atoms with Crippen molar-refractivity contribution in [3.05, 3.63) is 11.6 Å². The molecule has 2 rings (SSSR count). The summed E-state index contributed by atoms with van der Waals surface area (Å²) in [5, 5.41) is 0. The van der Waals surface area contributed by atoms with Crippen molar-refractivity contribution in [2.45, 2.75) is 84.5 Å². The van der Waals surface area contributed by atoms with Crippen LogP contribution in [0.4, 0.5) is 0 Å². The number of carbonyl (C=O) groups is 2. The van der Waals surface area contributed by atoms with Crippen LogP contribution < -0.4 is 0 Å². The van der Waals surface area contributed by atoms with E-state index >= 15 is 0 Å². The lowest BCUT2D eigenvalue weighted by molar-refractivity contribution is -0.116. The van der Waals surface area contributed by atoms with Crippen LogP contribution in [0.5, 0.6) is 0 Å². The third kappa shape index (κ3) is 5.58. The van der Waals surface area contributed by atoms with E-state index in [4.69, 9.17) is 0 Å². The monoisotopic (exact) mass is 318 g/mol.